The number of nitrogen functional groups attached to an aromatic ring is 1. The van der Waals surface area contributed by atoms with Crippen molar-refractivity contribution in [3.63, 3.8) is 0 Å². The third kappa shape index (κ3) is 2.92. The first-order valence-corrected chi connectivity index (χ1v) is 5.98. The standard InChI is InChI=1S/C14H15ClN2/c1-2-10-3-6-12(7-4-10)17-14-9-11(15)5-8-13(14)16/h3-9,17H,2,16H2,1H3. The van der Waals surface area contributed by atoms with E-state index in [2.05, 4.69) is 24.4 Å². The number of halogens is 1. The van der Waals surface area contributed by atoms with E-state index in [-0.39, 0.29) is 0 Å². The number of hydrogen-bond acceptors (Lipinski definition) is 2. The lowest BCUT2D eigenvalue weighted by atomic mass is 10.1. The van der Waals surface area contributed by atoms with Crippen LogP contribution in [0.2, 0.25) is 5.02 Å². The molecule has 3 N–H and O–H groups in total. The normalized spacial score (nSPS) is 10.2. The molecule has 0 unspecified atom stereocenters. The van der Waals surface area contributed by atoms with E-state index < -0.39 is 0 Å². The molecule has 0 aliphatic heterocycles. The predicted molar refractivity (Wildman–Crippen MR) is 75.0 cm³/mol. The van der Waals surface area contributed by atoms with Crippen LogP contribution in [0, 0.1) is 0 Å². The minimum absolute atomic E-state index is 0.673. The molecule has 2 rings (SSSR count). The van der Waals surface area contributed by atoms with Gasteiger partial charge in [0.1, 0.15) is 0 Å². The highest BCUT2D eigenvalue weighted by molar-refractivity contribution is 6.31. The molecule has 0 spiro atoms. The number of rotatable bonds is 3. The number of anilines is 3. The van der Waals surface area contributed by atoms with Crippen LogP contribution in [0.4, 0.5) is 17.1 Å². The maximum Gasteiger partial charge on any atom is 0.0632 e. The van der Waals surface area contributed by atoms with Crippen LogP contribution in [-0.4, -0.2) is 0 Å². The van der Waals surface area contributed by atoms with Gasteiger partial charge in [-0.25, -0.2) is 0 Å². The third-order valence-electron chi connectivity index (χ3n) is 2.66. The van der Waals surface area contributed by atoms with Gasteiger partial charge in [0.2, 0.25) is 0 Å². The van der Waals surface area contributed by atoms with Crippen molar-refractivity contribution >= 4 is 28.7 Å². The Bertz CT molecular complexity index is 506. The van der Waals surface area contributed by atoms with Gasteiger partial charge in [0.15, 0.2) is 0 Å². The van der Waals surface area contributed by atoms with Gasteiger partial charge in [-0.3, -0.25) is 0 Å². The highest BCUT2D eigenvalue weighted by atomic mass is 35.5. The second kappa shape index (κ2) is 5.11. The molecule has 0 fully saturated rings. The zero-order chi connectivity index (χ0) is 12.3. The van der Waals surface area contributed by atoms with Crippen LogP contribution in [0.3, 0.4) is 0 Å². The fourth-order valence-electron chi connectivity index (χ4n) is 1.62. The van der Waals surface area contributed by atoms with Crippen molar-refractivity contribution in [2.24, 2.45) is 0 Å². The highest BCUT2D eigenvalue weighted by Gasteiger charge is 2.00. The molecule has 0 aliphatic rings. The van der Waals surface area contributed by atoms with Crippen molar-refractivity contribution in [1.82, 2.24) is 0 Å². The SMILES string of the molecule is CCc1ccc(Nc2cc(Cl)ccc2N)cc1. The molecule has 0 atom stereocenters. The summed E-state index contributed by atoms with van der Waals surface area (Å²) in [5.74, 6) is 0. The minimum atomic E-state index is 0.673. The van der Waals surface area contributed by atoms with Gasteiger partial charge in [-0.15, -0.1) is 0 Å². The van der Waals surface area contributed by atoms with Gasteiger partial charge >= 0.3 is 0 Å². The predicted octanol–water partition coefficient (Wildman–Crippen LogP) is 4.23. The number of hydrogen-bond donors (Lipinski definition) is 2. The molecule has 0 saturated carbocycles. The smallest absolute Gasteiger partial charge is 0.0632 e. The molecule has 0 saturated heterocycles. The van der Waals surface area contributed by atoms with E-state index in [1.807, 2.05) is 18.2 Å². The van der Waals surface area contributed by atoms with Gasteiger partial charge < -0.3 is 11.1 Å². The van der Waals surface area contributed by atoms with Gasteiger partial charge in [-0.2, -0.15) is 0 Å². The first-order valence-electron chi connectivity index (χ1n) is 5.60. The summed E-state index contributed by atoms with van der Waals surface area (Å²) in [5, 5.41) is 3.93. The molecule has 0 aliphatic carbocycles. The van der Waals surface area contributed by atoms with Crippen LogP contribution in [0.5, 0.6) is 0 Å². The molecule has 0 heterocycles. The monoisotopic (exact) mass is 246 g/mol. The van der Waals surface area contributed by atoms with E-state index in [9.17, 15) is 0 Å². The van der Waals surface area contributed by atoms with Crippen molar-refractivity contribution in [2.75, 3.05) is 11.1 Å². The van der Waals surface area contributed by atoms with E-state index in [0.717, 1.165) is 17.8 Å². The quantitative estimate of drug-likeness (QED) is 0.796. The fraction of sp³-hybridized carbons (Fsp3) is 0.143. The van der Waals surface area contributed by atoms with Crippen molar-refractivity contribution in [3.05, 3.63) is 53.1 Å². The highest BCUT2D eigenvalue weighted by Crippen LogP contribution is 2.26. The zero-order valence-corrected chi connectivity index (χ0v) is 10.5. The van der Waals surface area contributed by atoms with Crippen molar-refractivity contribution in [1.29, 1.82) is 0 Å². The molecule has 0 radical (unpaired) electrons. The lowest BCUT2D eigenvalue weighted by molar-refractivity contribution is 1.14. The van der Waals surface area contributed by atoms with Crippen LogP contribution in [-0.2, 0) is 6.42 Å². The van der Waals surface area contributed by atoms with Crippen LogP contribution in [0.1, 0.15) is 12.5 Å². The summed E-state index contributed by atoms with van der Waals surface area (Å²) in [4.78, 5) is 0. The molecule has 3 heteroatoms. The van der Waals surface area contributed by atoms with Gasteiger partial charge in [-0.05, 0) is 42.3 Å². The molecule has 88 valence electrons. The Morgan fingerprint density at radius 1 is 1.12 bits per heavy atom. The van der Waals surface area contributed by atoms with Crippen molar-refractivity contribution in [3.8, 4) is 0 Å². The maximum atomic E-state index is 5.94. The molecule has 17 heavy (non-hydrogen) atoms. The molecular weight excluding hydrogens is 232 g/mol. The summed E-state index contributed by atoms with van der Waals surface area (Å²) < 4.78 is 0. The average Bonchev–Trinajstić information content (AvgIpc) is 2.35. The summed E-state index contributed by atoms with van der Waals surface area (Å²) in [7, 11) is 0. The minimum Gasteiger partial charge on any atom is -0.397 e. The van der Waals surface area contributed by atoms with E-state index in [0.29, 0.717) is 10.7 Å². The van der Waals surface area contributed by atoms with E-state index in [4.69, 9.17) is 17.3 Å². The van der Waals surface area contributed by atoms with Crippen LogP contribution >= 0.6 is 11.6 Å². The third-order valence-corrected chi connectivity index (χ3v) is 2.89. The second-order valence-corrected chi connectivity index (χ2v) is 4.34. The molecule has 0 amide bonds. The lowest BCUT2D eigenvalue weighted by Crippen LogP contribution is -1.96. The summed E-state index contributed by atoms with van der Waals surface area (Å²) in [6.45, 7) is 2.14. The van der Waals surface area contributed by atoms with Crippen molar-refractivity contribution < 1.29 is 0 Å². The summed E-state index contributed by atoms with van der Waals surface area (Å²) in [6.07, 6.45) is 1.04. The number of nitrogens with two attached hydrogens (primary N) is 1. The Kier molecular flexibility index (Phi) is 3.55. The molecular formula is C14H15ClN2. The van der Waals surface area contributed by atoms with Gasteiger partial charge in [0.25, 0.3) is 0 Å². The Hall–Kier alpha value is -1.67. The molecule has 2 aromatic rings. The largest absolute Gasteiger partial charge is 0.397 e. The first-order chi connectivity index (χ1) is 8.19. The van der Waals surface area contributed by atoms with Crippen LogP contribution in [0.15, 0.2) is 42.5 Å². The first kappa shape index (κ1) is 11.8. The number of benzene rings is 2. The fourth-order valence-corrected chi connectivity index (χ4v) is 1.79. The lowest BCUT2D eigenvalue weighted by Gasteiger charge is -2.10. The van der Waals surface area contributed by atoms with Gasteiger partial charge in [0, 0.05) is 10.7 Å². The van der Waals surface area contributed by atoms with Crippen molar-refractivity contribution in [2.45, 2.75) is 13.3 Å². The Morgan fingerprint density at radius 3 is 2.47 bits per heavy atom. The van der Waals surface area contributed by atoms with Crippen LogP contribution < -0.4 is 11.1 Å². The number of aryl methyl sites for hydroxylation is 1. The van der Waals surface area contributed by atoms with E-state index in [1.165, 1.54) is 5.56 Å². The second-order valence-electron chi connectivity index (χ2n) is 3.91. The summed E-state index contributed by atoms with van der Waals surface area (Å²) >= 11 is 5.94. The average molecular weight is 247 g/mol. The van der Waals surface area contributed by atoms with Gasteiger partial charge in [-0.1, -0.05) is 30.7 Å². The number of nitrogens with one attached hydrogen (secondary N) is 1. The molecule has 2 aromatic carbocycles. The summed E-state index contributed by atoms with van der Waals surface area (Å²) in [5.41, 5.74) is 9.72. The topological polar surface area (TPSA) is 38.0 Å². The van der Waals surface area contributed by atoms with Gasteiger partial charge in [0.05, 0.1) is 11.4 Å². The summed E-state index contributed by atoms with van der Waals surface area (Å²) in [6, 6.07) is 13.7. The maximum absolute atomic E-state index is 5.94. The zero-order valence-electron chi connectivity index (χ0n) is 9.70. The Labute approximate surface area is 106 Å². The Balaban J connectivity index is 2.22. The molecule has 0 aromatic heterocycles. The molecule has 2 nitrogen and oxygen atoms in total. The van der Waals surface area contributed by atoms with E-state index >= 15 is 0 Å². The van der Waals surface area contributed by atoms with E-state index in [1.54, 1.807) is 12.1 Å². The Morgan fingerprint density at radius 2 is 1.82 bits per heavy atom. The molecule has 0 bridgehead atoms. The van der Waals surface area contributed by atoms with Crippen LogP contribution in [0.25, 0.3) is 0 Å².